The number of aromatic nitrogens is 4. The Balaban J connectivity index is 1.38. The maximum Gasteiger partial charge on any atom is 0.253 e. The first kappa shape index (κ1) is 23.0. The Hall–Kier alpha value is -2.72. The van der Waals surface area contributed by atoms with Crippen LogP contribution in [0.15, 0.2) is 30.6 Å². The van der Waals surface area contributed by atoms with E-state index in [0.29, 0.717) is 46.6 Å². The summed E-state index contributed by atoms with van der Waals surface area (Å²) in [6.07, 6.45) is 5.45. The lowest BCUT2D eigenvalue weighted by atomic mass is 10.1. The van der Waals surface area contributed by atoms with Gasteiger partial charge in [0.15, 0.2) is 5.15 Å². The molecule has 5 rings (SSSR count). The van der Waals surface area contributed by atoms with Gasteiger partial charge in [-0.25, -0.2) is 9.97 Å². The number of hydrogen-bond donors (Lipinski definition) is 2. The van der Waals surface area contributed by atoms with Gasteiger partial charge in [0.1, 0.15) is 6.61 Å². The zero-order valence-corrected chi connectivity index (χ0v) is 20.2. The molecule has 0 spiro atoms. The van der Waals surface area contributed by atoms with Crippen molar-refractivity contribution in [1.29, 1.82) is 0 Å². The van der Waals surface area contributed by atoms with Gasteiger partial charge in [0.25, 0.3) is 5.91 Å². The van der Waals surface area contributed by atoms with E-state index in [1.54, 1.807) is 11.1 Å². The highest BCUT2D eigenvalue weighted by Crippen LogP contribution is 2.34. The Morgan fingerprint density at radius 2 is 2.06 bits per heavy atom. The van der Waals surface area contributed by atoms with E-state index >= 15 is 0 Å². The number of halogens is 2. The Morgan fingerprint density at radius 1 is 1.24 bits per heavy atom. The fourth-order valence-corrected chi connectivity index (χ4v) is 4.69. The van der Waals surface area contributed by atoms with Gasteiger partial charge in [0.2, 0.25) is 5.95 Å². The lowest BCUT2D eigenvalue weighted by Crippen LogP contribution is -2.41. The number of anilines is 3. The van der Waals surface area contributed by atoms with E-state index in [-0.39, 0.29) is 12.5 Å². The van der Waals surface area contributed by atoms with Crippen molar-refractivity contribution in [2.45, 2.75) is 25.8 Å². The monoisotopic (exact) mass is 501 g/mol. The highest BCUT2D eigenvalue weighted by Gasteiger charge is 2.22. The molecule has 0 aliphatic carbocycles. The summed E-state index contributed by atoms with van der Waals surface area (Å²) in [5, 5.41) is 11.9. The third kappa shape index (κ3) is 4.74. The Labute approximate surface area is 207 Å². The van der Waals surface area contributed by atoms with E-state index in [9.17, 15) is 4.79 Å². The summed E-state index contributed by atoms with van der Waals surface area (Å²) < 4.78 is 7.14. The molecule has 4 heterocycles. The zero-order chi connectivity index (χ0) is 23.7. The van der Waals surface area contributed by atoms with E-state index in [0.717, 1.165) is 42.9 Å². The van der Waals surface area contributed by atoms with Crippen LogP contribution in [0.3, 0.4) is 0 Å². The normalized spacial score (nSPS) is 17.3. The van der Waals surface area contributed by atoms with Gasteiger partial charge < -0.3 is 20.3 Å². The summed E-state index contributed by atoms with van der Waals surface area (Å²) in [6.45, 7) is 5.06. The number of piperidine rings is 1. The minimum absolute atomic E-state index is 0.0426. The molecule has 0 radical (unpaired) electrons. The zero-order valence-electron chi connectivity index (χ0n) is 18.7. The Bertz CT molecular complexity index is 1210. The van der Waals surface area contributed by atoms with Crippen LogP contribution in [0.25, 0.3) is 11.3 Å². The lowest BCUT2D eigenvalue weighted by molar-refractivity contribution is -0.125. The second kappa shape index (κ2) is 9.87. The molecule has 0 atom stereocenters. The minimum atomic E-state index is -0.0426. The molecule has 1 aromatic carbocycles. The topological polar surface area (TPSA) is 97.2 Å². The van der Waals surface area contributed by atoms with Crippen LogP contribution in [-0.2, 0) is 9.53 Å². The third-order valence-electron chi connectivity index (χ3n) is 6.12. The first-order valence-corrected chi connectivity index (χ1v) is 12.0. The molecular formula is C23H25Cl2N7O2. The number of carbonyl (C=O) groups excluding carboxylic acids is 1. The largest absolute Gasteiger partial charge is 0.370 e. The molecule has 2 aromatic heterocycles. The molecule has 178 valence electrons. The predicted molar refractivity (Wildman–Crippen MR) is 132 cm³/mol. The number of rotatable bonds is 5. The molecule has 2 aliphatic heterocycles. The fraction of sp³-hybridized carbons (Fsp3) is 0.391. The van der Waals surface area contributed by atoms with Crippen LogP contribution >= 0.6 is 23.2 Å². The molecular weight excluding hydrogens is 477 g/mol. The summed E-state index contributed by atoms with van der Waals surface area (Å²) in [6, 6.07) is 6.07. The van der Waals surface area contributed by atoms with Gasteiger partial charge >= 0.3 is 0 Å². The van der Waals surface area contributed by atoms with Crippen molar-refractivity contribution in [3.05, 3.63) is 46.3 Å². The highest BCUT2D eigenvalue weighted by atomic mass is 35.5. The van der Waals surface area contributed by atoms with E-state index in [1.165, 1.54) is 0 Å². The summed E-state index contributed by atoms with van der Waals surface area (Å²) in [4.78, 5) is 22.9. The van der Waals surface area contributed by atoms with E-state index in [4.69, 9.17) is 27.9 Å². The van der Waals surface area contributed by atoms with Crippen molar-refractivity contribution in [2.75, 3.05) is 43.1 Å². The SMILES string of the molecule is Cc1cc(N2CCOCC2=O)ccc1Nc1ncc(Cl)c(-c2cn(C3CCNCC3)nc2Cl)n1. The molecule has 1 amide bonds. The number of hydrogen-bond acceptors (Lipinski definition) is 7. The van der Waals surface area contributed by atoms with Crippen molar-refractivity contribution < 1.29 is 9.53 Å². The third-order valence-corrected chi connectivity index (χ3v) is 6.68. The summed E-state index contributed by atoms with van der Waals surface area (Å²) in [5.41, 5.74) is 3.82. The maximum atomic E-state index is 12.1. The van der Waals surface area contributed by atoms with Gasteiger partial charge in [0, 0.05) is 24.1 Å². The van der Waals surface area contributed by atoms with E-state index in [1.807, 2.05) is 36.0 Å². The van der Waals surface area contributed by atoms with Gasteiger partial charge in [-0.05, 0) is 56.6 Å². The van der Waals surface area contributed by atoms with Crippen molar-refractivity contribution >= 4 is 46.4 Å². The second-order valence-electron chi connectivity index (χ2n) is 8.41. The standard InChI is InChI=1S/C23H25Cl2N7O2/c1-14-10-16(31-8-9-34-13-20(31)33)2-3-19(14)28-23-27-11-18(24)21(29-23)17-12-32(30-22(17)25)15-4-6-26-7-5-15/h2-3,10-12,15,26H,4-9,13H2,1H3,(H,27,28,29). The van der Waals surface area contributed by atoms with Gasteiger partial charge in [-0.15, -0.1) is 0 Å². The van der Waals surface area contributed by atoms with Crippen molar-refractivity contribution in [2.24, 2.45) is 0 Å². The molecule has 2 aliphatic rings. The Kier molecular flexibility index (Phi) is 6.69. The van der Waals surface area contributed by atoms with Crippen molar-refractivity contribution in [3.63, 3.8) is 0 Å². The molecule has 0 unspecified atom stereocenters. The van der Waals surface area contributed by atoms with Crippen LogP contribution in [0.5, 0.6) is 0 Å². The minimum Gasteiger partial charge on any atom is -0.370 e. The molecule has 2 N–H and O–H groups in total. The average Bonchev–Trinajstić information content (AvgIpc) is 3.24. The van der Waals surface area contributed by atoms with Crippen molar-refractivity contribution in [3.8, 4) is 11.3 Å². The van der Waals surface area contributed by atoms with Crippen molar-refractivity contribution in [1.82, 2.24) is 25.1 Å². The number of morpholine rings is 1. The predicted octanol–water partition coefficient (Wildman–Crippen LogP) is 3.99. The summed E-state index contributed by atoms with van der Waals surface area (Å²) in [5.74, 6) is 0.349. The smallest absolute Gasteiger partial charge is 0.253 e. The summed E-state index contributed by atoms with van der Waals surface area (Å²) in [7, 11) is 0. The number of ether oxygens (including phenoxy) is 1. The van der Waals surface area contributed by atoms with Crippen LogP contribution in [0.2, 0.25) is 10.2 Å². The van der Waals surface area contributed by atoms with Crippen LogP contribution in [0.1, 0.15) is 24.4 Å². The molecule has 34 heavy (non-hydrogen) atoms. The number of nitrogens with one attached hydrogen (secondary N) is 2. The molecule has 0 saturated carbocycles. The molecule has 2 fully saturated rings. The quantitative estimate of drug-likeness (QED) is 0.545. The van der Waals surface area contributed by atoms with Gasteiger partial charge in [-0.3, -0.25) is 9.48 Å². The number of benzene rings is 1. The van der Waals surface area contributed by atoms with Crippen LogP contribution < -0.4 is 15.5 Å². The number of aryl methyl sites for hydroxylation is 1. The first-order valence-electron chi connectivity index (χ1n) is 11.2. The highest BCUT2D eigenvalue weighted by molar-refractivity contribution is 6.35. The van der Waals surface area contributed by atoms with Gasteiger partial charge in [-0.2, -0.15) is 5.10 Å². The fourth-order valence-electron chi connectivity index (χ4n) is 4.27. The van der Waals surface area contributed by atoms with Gasteiger partial charge in [0.05, 0.1) is 35.1 Å². The van der Waals surface area contributed by atoms with Crippen LogP contribution in [0, 0.1) is 6.92 Å². The van der Waals surface area contributed by atoms with E-state index < -0.39 is 0 Å². The number of carbonyl (C=O) groups is 1. The molecule has 11 heteroatoms. The maximum absolute atomic E-state index is 12.1. The number of nitrogens with zero attached hydrogens (tertiary/aromatic N) is 5. The average molecular weight is 502 g/mol. The Morgan fingerprint density at radius 3 is 2.82 bits per heavy atom. The lowest BCUT2D eigenvalue weighted by Gasteiger charge is -2.27. The second-order valence-corrected chi connectivity index (χ2v) is 9.17. The molecule has 2 saturated heterocycles. The van der Waals surface area contributed by atoms with Crippen LogP contribution in [-0.4, -0.2) is 58.5 Å². The van der Waals surface area contributed by atoms with E-state index in [2.05, 4.69) is 25.7 Å². The summed E-state index contributed by atoms with van der Waals surface area (Å²) >= 11 is 12.9. The van der Waals surface area contributed by atoms with Crippen LogP contribution in [0.4, 0.5) is 17.3 Å². The molecule has 3 aromatic rings. The first-order chi connectivity index (χ1) is 16.5. The molecule has 0 bridgehead atoms. The van der Waals surface area contributed by atoms with Gasteiger partial charge in [-0.1, -0.05) is 23.2 Å². The number of amides is 1. The molecule has 9 nitrogen and oxygen atoms in total.